The first-order valence-electron chi connectivity index (χ1n) is 10.0. The summed E-state index contributed by atoms with van der Waals surface area (Å²) in [7, 11) is 0. The minimum absolute atomic E-state index is 0.206. The number of rotatable bonds is 5. The predicted octanol–water partition coefficient (Wildman–Crippen LogP) is 1.21. The molecule has 1 saturated heterocycles. The molecule has 0 unspecified atom stereocenters. The molecule has 8 heteroatoms. The number of benzene rings is 1. The van der Waals surface area contributed by atoms with Crippen molar-refractivity contribution in [2.45, 2.75) is 58.2 Å². The van der Waals surface area contributed by atoms with E-state index in [-0.39, 0.29) is 11.6 Å². The molecule has 1 fully saturated rings. The second kappa shape index (κ2) is 10.6. The average molecular weight is 415 g/mol. The Morgan fingerprint density at radius 1 is 1.03 bits per heavy atom. The molecule has 162 valence electrons. The zero-order valence-electron chi connectivity index (χ0n) is 17.6. The molecule has 1 aromatic carbocycles. The van der Waals surface area contributed by atoms with Crippen molar-refractivity contribution in [3.8, 4) is 0 Å². The van der Waals surface area contributed by atoms with Gasteiger partial charge in [-0.3, -0.25) is 14.4 Å². The summed E-state index contributed by atoms with van der Waals surface area (Å²) < 4.78 is 5.32. The highest BCUT2D eigenvalue weighted by molar-refractivity contribution is 6.01. The molecule has 1 aliphatic rings. The standard InChI is InChI=1S/C22H29N3O5/c1-13(2)18-21(28)25-17(12-8-11-16-9-6-5-7-10-16)20(27)23-14(3)19(26)24-15(4)22(29)30-18/h5-7,9-10,13,15,17-18H,3,8,11-12H2,1-2,4H3,(H,23,27)(H,24,26)(H,25,28)/t15-,17+,18+/m0/s1. The normalized spacial score (nSPS) is 23.6. The third kappa shape index (κ3) is 6.43. The van der Waals surface area contributed by atoms with E-state index in [1.54, 1.807) is 13.8 Å². The van der Waals surface area contributed by atoms with Crippen LogP contribution in [0.2, 0.25) is 0 Å². The van der Waals surface area contributed by atoms with Gasteiger partial charge in [0, 0.05) is 0 Å². The van der Waals surface area contributed by atoms with E-state index in [2.05, 4.69) is 22.5 Å². The minimum atomic E-state index is -1.08. The van der Waals surface area contributed by atoms with E-state index in [1.165, 1.54) is 6.92 Å². The lowest BCUT2D eigenvalue weighted by Gasteiger charge is -2.27. The quantitative estimate of drug-likeness (QED) is 0.494. The summed E-state index contributed by atoms with van der Waals surface area (Å²) in [6, 6.07) is 7.87. The molecule has 1 heterocycles. The number of amides is 3. The number of carbonyl (C=O) groups excluding carboxylic acids is 4. The SMILES string of the molecule is C=C1NC(=O)[C@@H](CCCc2ccccc2)NC(=O)[C@@H](C(C)C)OC(=O)[C@H](C)NC1=O. The number of ether oxygens (including phenoxy) is 1. The molecule has 30 heavy (non-hydrogen) atoms. The Kier molecular flexibility index (Phi) is 8.15. The fourth-order valence-electron chi connectivity index (χ4n) is 3.03. The first-order valence-corrected chi connectivity index (χ1v) is 10.0. The Labute approximate surface area is 176 Å². The second-order valence-corrected chi connectivity index (χ2v) is 7.70. The van der Waals surface area contributed by atoms with Gasteiger partial charge in [0.25, 0.3) is 11.8 Å². The van der Waals surface area contributed by atoms with E-state index in [9.17, 15) is 19.2 Å². The number of aryl methyl sites for hydroxylation is 1. The first-order chi connectivity index (χ1) is 14.2. The van der Waals surface area contributed by atoms with Crippen LogP contribution in [0.25, 0.3) is 0 Å². The Bertz CT molecular complexity index is 806. The Morgan fingerprint density at radius 2 is 1.70 bits per heavy atom. The van der Waals surface area contributed by atoms with Gasteiger partial charge in [0.2, 0.25) is 5.91 Å². The third-order valence-electron chi connectivity index (χ3n) is 4.79. The van der Waals surface area contributed by atoms with Gasteiger partial charge in [0.05, 0.1) is 5.70 Å². The summed E-state index contributed by atoms with van der Waals surface area (Å²) in [6.07, 6.45) is 0.617. The lowest BCUT2D eigenvalue weighted by molar-refractivity contribution is -0.161. The summed E-state index contributed by atoms with van der Waals surface area (Å²) >= 11 is 0. The summed E-state index contributed by atoms with van der Waals surface area (Å²) in [5.41, 5.74) is 0.909. The van der Waals surface area contributed by atoms with Crippen LogP contribution in [0.5, 0.6) is 0 Å². The summed E-state index contributed by atoms with van der Waals surface area (Å²) in [6.45, 7) is 8.45. The topological polar surface area (TPSA) is 114 Å². The van der Waals surface area contributed by atoms with Crippen LogP contribution < -0.4 is 16.0 Å². The minimum Gasteiger partial charge on any atom is -0.450 e. The second-order valence-electron chi connectivity index (χ2n) is 7.70. The highest BCUT2D eigenvalue weighted by Crippen LogP contribution is 2.12. The van der Waals surface area contributed by atoms with Crippen molar-refractivity contribution in [1.29, 1.82) is 0 Å². The lowest BCUT2D eigenvalue weighted by Crippen LogP contribution is -2.54. The molecule has 3 amide bonds. The fraction of sp³-hybridized carbons (Fsp3) is 0.455. The molecule has 0 radical (unpaired) electrons. The van der Waals surface area contributed by atoms with Crippen LogP contribution in [-0.2, 0) is 30.3 Å². The Balaban J connectivity index is 2.18. The zero-order valence-corrected chi connectivity index (χ0v) is 17.6. The third-order valence-corrected chi connectivity index (χ3v) is 4.79. The lowest BCUT2D eigenvalue weighted by atomic mass is 10.0. The van der Waals surface area contributed by atoms with Crippen LogP contribution in [0.1, 0.15) is 39.2 Å². The van der Waals surface area contributed by atoms with Gasteiger partial charge in [-0.25, -0.2) is 4.79 Å². The largest absolute Gasteiger partial charge is 0.450 e. The highest BCUT2D eigenvalue weighted by atomic mass is 16.5. The van der Waals surface area contributed by atoms with Crippen LogP contribution in [0.3, 0.4) is 0 Å². The van der Waals surface area contributed by atoms with Crippen LogP contribution in [0.15, 0.2) is 42.6 Å². The highest BCUT2D eigenvalue weighted by Gasteiger charge is 2.33. The van der Waals surface area contributed by atoms with Crippen LogP contribution in [0, 0.1) is 5.92 Å². The molecule has 0 bridgehead atoms. The summed E-state index contributed by atoms with van der Waals surface area (Å²) in [4.78, 5) is 50.0. The number of hydrogen-bond acceptors (Lipinski definition) is 5. The molecule has 3 N–H and O–H groups in total. The van der Waals surface area contributed by atoms with Crippen molar-refractivity contribution < 1.29 is 23.9 Å². The molecule has 0 spiro atoms. The van der Waals surface area contributed by atoms with Crippen molar-refractivity contribution in [2.24, 2.45) is 5.92 Å². The maximum absolute atomic E-state index is 12.8. The van der Waals surface area contributed by atoms with Gasteiger partial charge in [-0.2, -0.15) is 0 Å². The molecule has 2 rings (SSSR count). The molecular weight excluding hydrogens is 386 g/mol. The van der Waals surface area contributed by atoms with Crippen LogP contribution in [-0.4, -0.2) is 41.9 Å². The summed E-state index contributed by atoms with van der Waals surface area (Å²) in [5, 5.41) is 7.52. The maximum Gasteiger partial charge on any atom is 0.329 e. The number of nitrogens with one attached hydrogen (secondary N) is 3. The maximum atomic E-state index is 12.8. The number of carbonyl (C=O) groups is 4. The van der Waals surface area contributed by atoms with Gasteiger partial charge in [-0.15, -0.1) is 0 Å². The molecule has 0 saturated carbocycles. The van der Waals surface area contributed by atoms with Gasteiger partial charge in [-0.1, -0.05) is 50.8 Å². The van der Waals surface area contributed by atoms with Crippen molar-refractivity contribution in [3.63, 3.8) is 0 Å². The van der Waals surface area contributed by atoms with Crippen molar-refractivity contribution in [2.75, 3.05) is 0 Å². The number of cyclic esters (lactones) is 1. The van der Waals surface area contributed by atoms with Crippen molar-refractivity contribution >= 4 is 23.7 Å². The van der Waals surface area contributed by atoms with E-state index in [1.807, 2.05) is 30.3 Å². The molecular formula is C22H29N3O5. The Morgan fingerprint density at radius 3 is 2.33 bits per heavy atom. The van der Waals surface area contributed by atoms with E-state index in [4.69, 9.17) is 4.74 Å². The van der Waals surface area contributed by atoms with Gasteiger partial charge in [-0.05, 0) is 37.7 Å². The van der Waals surface area contributed by atoms with Gasteiger partial charge in [0.15, 0.2) is 6.10 Å². The van der Waals surface area contributed by atoms with Crippen molar-refractivity contribution in [3.05, 3.63) is 48.2 Å². The molecule has 0 aliphatic carbocycles. The molecule has 3 atom stereocenters. The molecule has 8 nitrogen and oxygen atoms in total. The van der Waals surface area contributed by atoms with E-state index in [0.717, 1.165) is 12.0 Å². The van der Waals surface area contributed by atoms with Crippen molar-refractivity contribution in [1.82, 2.24) is 16.0 Å². The van der Waals surface area contributed by atoms with Gasteiger partial charge < -0.3 is 20.7 Å². The summed E-state index contributed by atoms with van der Waals surface area (Å²) in [5.74, 6) is -2.84. The van der Waals surface area contributed by atoms with Gasteiger partial charge in [0.1, 0.15) is 12.1 Å². The van der Waals surface area contributed by atoms with E-state index < -0.39 is 41.9 Å². The van der Waals surface area contributed by atoms with E-state index >= 15 is 0 Å². The van der Waals surface area contributed by atoms with E-state index in [0.29, 0.717) is 12.8 Å². The fourth-order valence-corrected chi connectivity index (χ4v) is 3.03. The van der Waals surface area contributed by atoms with Crippen LogP contribution >= 0.6 is 0 Å². The molecule has 1 aromatic rings. The molecule has 0 aromatic heterocycles. The number of hydrogen-bond donors (Lipinski definition) is 3. The monoisotopic (exact) mass is 415 g/mol. The van der Waals surface area contributed by atoms with Crippen LogP contribution in [0.4, 0.5) is 0 Å². The molecule has 1 aliphatic heterocycles. The Hall–Kier alpha value is -3.16. The smallest absolute Gasteiger partial charge is 0.329 e. The number of esters is 1. The first kappa shape index (κ1) is 23.1. The zero-order chi connectivity index (χ0) is 22.3. The predicted molar refractivity (Wildman–Crippen MR) is 111 cm³/mol. The average Bonchev–Trinajstić information content (AvgIpc) is 2.70. The van der Waals surface area contributed by atoms with Gasteiger partial charge >= 0.3 is 5.97 Å².